The smallest absolute Gasteiger partial charge is 0.317 e. The first kappa shape index (κ1) is 16.6. The molecule has 1 aliphatic heterocycles. The number of carbonyl (C=O) groups excluding carboxylic acids is 1. The van der Waals surface area contributed by atoms with Crippen LogP contribution >= 0.6 is 0 Å². The van der Waals surface area contributed by atoms with E-state index in [1.165, 1.54) is 11.1 Å². The number of hydrogen-bond donors (Lipinski definition) is 1. The first-order valence-corrected chi connectivity index (χ1v) is 8.75. The molecule has 5 heteroatoms. The molecule has 1 aromatic carbocycles. The molecule has 2 aromatic rings. The molecule has 0 aliphatic carbocycles. The minimum absolute atomic E-state index is 0.0803. The van der Waals surface area contributed by atoms with E-state index in [4.69, 9.17) is 0 Å². The Morgan fingerprint density at radius 3 is 2.88 bits per heavy atom. The largest absolute Gasteiger partial charge is 0.338 e. The van der Waals surface area contributed by atoms with Crippen molar-refractivity contribution in [1.82, 2.24) is 20.0 Å². The van der Waals surface area contributed by atoms with Gasteiger partial charge in [0.15, 0.2) is 0 Å². The van der Waals surface area contributed by atoms with E-state index in [1.807, 2.05) is 35.1 Å². The number of hydrogen-bond acceptors (Lipinski definition) is 2. The van der Waals surface area contributed by atoms with Gasteiger partial charge in [0.05, 0.1) is 6.20 Å². The van der Waals surface area contributed by atoms with E-state index in [9.17, 15) is 4.79 Å². The lowest BCUT2D eigenvalue weighted by molar-refractivity contribution is 0.207. The zero-order chi connectivity index (χ0) is 16.8. The van der Waals surface area contributed by atoms with E-state index >= 15 is 0 Å². The average Bonchev–Trinajstić information content (AvgIpc) is 3.21. The Bertz CT molecular complexity index is 652. The molecule has 3 rings (SSSR count). The summed E-state index contributed by atoms with van der Waals surface area (Å²) in [5.41, 5.74) is 2.58. The Morgan fingerprint density at radius 2 is 2.12 bits per heavy atom. The number of rotatable bonds is 6. The van der Waals surface area contributed by atoms with Gasteiger partial charge in [-0.15, -0.1) is 0 Å². The summed E-state index contributed by atoms with van der Waals surface area (Å²) in [5, 5.41) is 7.20. The van der Waals surface area contributed by atoms with Gasteiger partial charge in [-0.2, -0.15) is 5.10 Å². The fourth-order valence-electron chi connectivity index (χ4n) is 3.33. The van der Waals surface area contributed by atoms with Gasteiger partial charge in [0.2, 0.25) is 0 Å². The SMILES string of the molecule is Cn1cc(CCCNC(=O)N2CC[C@@H](Cc3ccccc3)C2)cn1. The quantitative estimate of drug-likeness (QED) is 0.830. The van der Waals surface area contributed by atoms with Gasteiger partial charge in [-0.1, -0.05) is 30.3 Å². The molecule has 2 heterocycles. The summed E-state index contributed by atoms with van der Waals surface area (Å²) in [7, 11) is 1.92. The second-order valence-electron chi connectivity index (χ2n) is 6.65. The number of benzene rings is 1. The number of amides is 2. The first-order valence-electron chi connectivity index (χ1n) is 8.75. The number of urea groups is 1. The molecular weight excluding hydrogens is 300 g/mol. The lowest BCUT2D eigenvalue weighted by Gasteiger charge is -2.17. The summed E-state index contributed by atoms with van der Waals surface area (Å²) >= 11 is 0. The van der Waals surface area contributed by atoms with E-state index in [2.05, 4.69) is 34.7 Å². The Hall–Kier alpha value is -2.30. The third-order valence-electron chi connectivity index (χ3n) is 4.62. The van der Waals surface area contributed by atoms with E-state index in [0.29, 0.717) is 12.5 Å². The number of aromatic nitrogens is 2. The standard InChI is InChI=1S/C19H26N4O/c1-22-14-18(13-21-22)8-5-10-20-19(24)23-11-9-17(15-23)12-16-6-3-2-4-7-16/h2-4,6-7,13-14,17H,5,8-12,15H2,1H3,(H,20,24)/t17-/m0/s1. The van der Waals surface area contributed by atoms with Gasteiger partial charge in [0.25, 0.3) is 0 Å². The summed E-state index contributed by atoms with van der Waals surface area (Å²) in [5.74, 6) is 0.577. The highest BCUT2D eigenvalue weighted by Crippen LogP contribution is 2.20. The van der Waals surface area contributed by atoms with Crippen LogP contribution in [0.25, 0.3) is 0 Å². The van der Waals surface area contributed by atoms with Gasteiger partial charge in [-0.25, -0.2) is 4.79 Å². The summed E-state index contributed by atoms with van der Waals surface area (Å²) in [6.45, 7) is 2.45. The molecule has 5 nitrogen and oxygen atoms in total. The highest BCUT2D eigenvalue weighted by atomic mass is 16.2. The topological polar surface area (TPSA) is 50.2 Å². The normalized spacial score (nSPS) is 17.2. The molecule has 1 saturated heterocycles. The maximum Gasteiger partial charge on any atom is 0.317 e. The number of likely N-dealkylation sites (tertiary alicyclic amines) is 1. The number of aryl methyl sites for hydroxylation is 2. The highest BCUT2D eigenvalue weighted by Gasteiger charge is 2.25. The Balaban J connectivity index is 1.35. The Kier molecular flexibility index (Phi) is 5.51. The predicted octanol–water partition coefficient (Wildman–Crippen LogP) is 2.63. The minimum atomic E-state index is 0.0803. The van der Waals surface area contributed by atoms with Crippen molar-refractivity contribution in [2.45, 2.75) is 25.7 Å². The van der Waals surface area contributed by atoms with Crippen molar-refractivity contribution in [2.75, 3.05) is 19.6 Å². The van der Waals surface area contributed by atoms with Crippen LogP contribution in [0.1, 0.15) is 24.0 Å². The lowest BCUT2D eigenvalue weighted by Crippen LogP contribution is -2.39. The van der Waals surface area contributed by atoms with E-state index in [0.717, 1.165) is 38.8 Å². The van der Waals surface area contributed by atoms with Gasteiger partial charge >= 0.3 is 6.03 Å². The maximum atomic E-state index is 12.3. The lowest BCUT2D eigenvalue weighted by atomic mass is 9.99. The van der Waals surface area contributed by atoms with Crippen molar-refractivity contribution in [3.63, 3.8) is 0 Å². The second kappa shape index (κ2) is 7.99. The highest BCUT2D eigenvalue weighted by molar-refractivity contribution is 5.74. The van der Waals surface area contributed by atoms with Crippen molar-refractivity contribution < 1.29 is 4.79 Å². The molecule has 1 atom stereocenters. The van der Waals surface area contributed by atoms with Crippen molar-refractivity contribution in [1.29, 1.82) is 0 Å². The van der Waals surface area contributed by atoms with Crippen molar-refractivity contribution in [3.8, 4) is 0 Å². The summed E-state index contributed by atoms with van der Waals surface area (Å²) in [6, 6.07) is 10.6. The Morgan fingerprint density at radius 1 is 1.29 bits per heavy atom. The molecule has 0 radical (unpaired) electrons. The zero-order valence-corrected chi connectivity index (χ0v) is 14.3. The van der Waals surface area contributed by atoms with Crippen LogP contribution in [0.4, 0.5) is 4.79 Å². The second-order valence-corrected chi connectivity index (χ2v) is 6.65. The summed E-state index contributed by atoms with van der Waals surface area (Å²) in [6.07, 6.45) is 7.96. The fraction of sp³-hybridized carbons (Fsp3) is 0.474. The van der Waals surface area contributed by atoms with Crippen LogP contribution in [0.15, 0.2) is 42.7 Å². The van der Waals surface area contributed by atoms with Crippen LogP contribution in [-0.4, -0.2) is 40.3 Å². The molecule has 1 aromatic heterocycles. The molecule has 0 bridgehead atoms. The number of nitrogens with one attached hydrogen (secondary N) is 1. The molecule has 1 aliphatic rings. The average molecular weight is 326 g/mol. The van der Waals surface area contributed by atoms with Crippen molar-refractivity contribution >= 4 is 6.03 Å². The van der Waals surface area contributed by atoms with Crippen LogP contribution < -0.4 is 5.32 Å². The van der Waals surface area contributed by atoms with Crippen molar-refractivity contribution in [3.05, 3.63) is 53.9 Å². The molecule has 128 valence electrons. The van der Waals surface area contributed by atoms with Gasteiger partial charge in [0.1, 0.15) is 0 Å². The molecule has 2 amide bonds. The van der Waals surface area contributed by atoms with Gasteiger partial charge in [0, 0.05) is 32.9 Å². The van der Waals surface area contributed by atoms with E-state index in [1.54, 1.807) is 0 Å². The van der Waals surface area contributed by atoms with Crippen LogP contribution in [-0.2, 0) is 19.9 Å². The summed E-state index contributed by atoms with van der Waals surface area (Å²) in [4.78, 5) is 14.2. The zero-order valence-electron chi connectivity index (χ0n) is 14.3. The molecule has 0 unspecified atom stereocenters. The number of carbonyl (C=O) groups is 1. The van der Waals surface area contributed by atoms with E-state index < -0.39 is 0 Å². The predicted molar refractivity (Wildman–Crippen MR) is 94.8 cm³/mol. The Labute approximate surface area is 143 Å². The molecule has 24 heavy (non-hydrogen) atoms. The van der Waals surface area contributed by atoms with Crippen LogP contribution in [0, 0.1) is 5.92 Å². The minimum Gasteiger partial charge on any atom is -0.338 e. The van der Waals surface area contributed by atoms with Gasteiger partial charge < -0.3 is 10.2 Å². The first-order chi connectivity index (χ1) is 11.7. The van der Waals surface area contributed by atoms with Crippen LogP contribution in [0.5, 0.6) is 0 Å². The molecule has 0 spiro atoms. The fourth-order valence-corrected chi connectivity index (χ4v) is 3.33. The van der Waals surface area contributed by atoms with Crippen molar-refractivity contribution in [2.24, 2.45) is 13.0 Å². The van der Waals surface area contributed by atoms with Gasteiger partial charge in [-0.05, 0) is 42.7 Å². The maximum absolute atomic E-state index is 12.3. The van der Waals surface area contributed by atoms with E-state index in [-0.39, 0.29) is 6.03 Å². The molecule has 0 saturated carbocycles. The molecule has 1 fully saturated rings. The molecular formula is C19H26N4O. The van der Waals surface area contributed by atoms with Crippen LogP contribution in [0.2, 0.25) is 0 Å². The number of nitrogens with zero attached hydrogens (tertiary/aromatic N) is 3. The third-order valence-corrected chi connectivity index (χ3v) is 4.62. The van der Waals surface area contributed by atoms with Crippen LogP contribution in [0.3, 0.4) is 0 Å². The molecule has 1 N–H and O–H groups in total. The summed E-state index contributed by atoms with van der Waals surface area (Å²) < 4.78 is 1.81. The van der Waals surface area contributed by atoms with Gasteiger partial charge in [-0.3, -0.25) is 4.68 Å². The third kappa shape index (κ3) is 4.60. The monoisotopic (exact) mass is 326 g/mol.